The molecule has 1 atom stereocenters. The SMILES string of the molecule is CNC(C(=O)[O-])c1ccc(OC(F)(F)F)cc1.Cl. The molecule has 0 aliphatic heterocycles. The number of ether oxygens (including phenoxy) is 1. The Morgan fingerprint density at radius 1 is 1.33 bits per heavy atom. The lowest BCUT2D eigenvalue weighted by Crippen LogP contribution is -2.36. The zero-order valence-electron chi connectivity index (χ0n) is 9.15. The predicted octanol–water partition coefficient (Wildman–Crippen LogP) is 1.02. The van der Waals surface area contributed by atoms with Crippen LogP contribution in [0.3, 0.4) is 0 Å². The molecule has 0 aliphatic carbocycles. The van der Waals surface area contributed by atoms with Gasteiger partial charge in [0.05, 0.1) is 12.0 Å². The van der Waals surface area contributed by atoms with Crippen LogP contribution in [-0.2, 0) is 4.79 Å². The molecule has 8 heteroatoms. The minimum atomic E-state index is -4.77. The highest BCUT2D eigenvalue weighted by Gasteiger charge is 2.31. The number of halogens is 4. The normalized spacial score (nSPS) is 12.4. The zero-order valence-corrected chi connectivity index (χ0v) is 9.97. The van der Waals surface area contributed by atoms with Gasteiger partial charge in [-0.15, -0.1) is 25.6 Å². The van der Waals surface area contributed by atoms with Crippen molar-refractivity contribution in [3.63, 3.8) is 0 Å². The number of rotatable bonds is 4. The summed E-state index contributed by atoms with van der Waals surface area (Å²) in [7, 11) is 1.40. The minimum absolute atomic E-state index is 0. The monoisotopic (exact) mass is 284 g/mol. The molecule has 0 radical (unpaired) electrons. The number of hydrogen-bond acceptors (Lipinski definition) is 4. The Balaban J connectivity index is 0.00000289. The van der Waals surface area contributed by atoms with Gasteiger partial charge < -0.3 is 20.0 Å². The smallest absolute Gasteiger partial charge is 0.548 e. The van der Waals surface area contributed by atoms with Gasteiger partial charge in [-0.1, -0.05) is 12.1 Å². The van der Waals surface area contributed by atoms with E-state index in [2.05, 4.69) is 10.1 Å². The van der Waals surface area contributed by atoms with Gasteiger partial charge in [0, 0.05) is 0 Å². The molecule has 1 unspecified atom stereocenters. The lowest BCUT2D eigenvalue weighted by atomic mass is 10.1. The Kier molecular flexibility index (Phi) is 5.93. The number of aliphatic carboxylic acids is 1. The van der Waals surface area contributed by atoms with Crippen LogP contribution in [0.2, 0.25) is 0 Å². The van der Waals surface area contributed by atoms with Crippen LogP contribution in [-0.4, -0.2) is 19.4 Å². The van der Waals surface area contributed by atoms with Gasteiger partial charge in [0.15, 0.2) is 0 Å². The van der Waals surface area contributed by atoms with Gasteiger partial charge in [-0.05, 0) is 24.7 Å². The van der Waals surface area contributed by atoms with Gasteiger partial charge in [0.25, 0.3) is 0 Å². The zero-order chi connectivity index (χ0) is 13.1. The molecule has 0 amide bonds. The van der Waals surface area contributed by atoms with Crippen molar-refractivity contribution < 1.29 is 27.8 Å². The molecule has 0 heterocycles. The quantitative estimate of drug-likeness (QED) is 0.897. The predicted molar refractivity (Wildman–Crippen MR) is 57.2 cm³/mol. The number of hydrogen-bond donors (Lipinski definition) is 1. The number of nitrogens with one attached hydrogen (secondary N) is 1. The third-order valence-electron chi connectivity index (χ3n) is 1.97. The van der Waals surface area contributed by atoms with Crippen LogP contribution in [0, 0.1) is 0 Å². The average Bonchev–Trinajstić information content (AvgIpc) is 2.18. The van der Waals surface area contributed by atoms with Gasteiger partial charge in [0.2, 0.25) is 0 Å². The first-order valence-electron chi connectivity index (χ1n) is 4.57. The Labute approximate surface area is 107 Å². The summed E-state index contributed by atoms with van der Waals surface area (Å²) in [6.45, 7) is 0. The molecule has 4 nitrogen and oxygen atoms in total. The van der Waals surface area contributed by atoms with Gasteiger partial charge >= 0.3 is 6.36 Å². The van der Waals surface area contributed by atoms with Crippen LogP contribution in [0.15, 0.2) is 24.3 Å². The fraction of sp³-hybridized carbons (Fsp3) is 0.300. The standard InChI is InChI=1S/C10H10F3NO3.ClH/c1-14-8(9(15)16)6-2-4-7(5-3-6)17-10(11,12)13;/h2-5,8,14H,1H3,(H,15,16);1H/p-1. The molecule has 0 spiro atoms. The van der Waals surface area contributed by atoms with Crippen molar-refractivity contribution in [3.05, 3.63) is 29.8 Å². The highest BCUT2D eigenvalue weighted by atomic mass is 35.5. The summed E-state index contributed by atoms with van der Waals surface area (Å²) in [6.07, 6.45) is -4.77. The van der Waals surface area contributed by atoms with Crippen molar-refractivity contribution in [3.8, 4) is 5.75 Å². The van der Waals surface area contributed by atoms with Crippen LogP contribution in [0.25, 0.3) is 0 Å². The van der Waals surface area contributed by atoms with Crippen molar-refractivity contribution in [1.82, 2.24) is 5.32 Å². The first-order valence-corrected chi connectivity index (χ1v) is 4.57. The summed E-state index contributed by atoms with van der Waals surface area (Å²) in [5.41, 5.74) is 0.280. The van der Waals surface area contributed by atoms with Crippen LogP contribution < -0.4 is 15.2 Å². The molecule has 1 N–H and O–H groups in total. The largest absolute Gasteiger partial charge is 0.573 e. The number of benzene rings is 1. The topological polar surface area (TPSA) is 61.4 Å². The fourth-order valence-corrected chi connectivity index (χ4v) is 1.28. The number of likely N-dealkylation sites (N-methyl/N-ethyl adjacent to an activating group) is 1. The Morgan fingerprint density at radius 3 is 2.17 bits per heavy atom. The van der Waals surface area contributed by atoms with E-state index in [-0.39, 0.29) is 18.0 Å². The second-order valence-corrected chi connectivity index (χ2v) is 3.16. The minimum Gasteiger partial charge on any atom is -0.548 e. The first kappa shape index (κ1) is 16.5. The summed E-state index contributed by atoms with van der Waals surface area (Å²) in [5, 5.41) is 13.1. The number of carbonyl (C=O) groups is 1. The van der Waals surface area contributed by atoms with Crippen LogP contribution in [0.4, 0.5) is 13.2 Å². The molecular formula is C10H10ClF3NO3-. The first-order chi connectivity index (χ1) is 7.83. The van der Waals surface area contributed by atoms with Gasteiger partial charge in [-0.25, -0.2) is 0 Å². The van der Waals surface area contributed by atoms with Gasteiger partial charge in [0.1, 0.15) is 5.75 Å². The highest BCUT2D eigenvalue weighted by molar-refractivity contribution is 5.85. The molecule has 0 saturated heterocycles. The summed E-state index contributed by atoms with van der Waals surface area (Å²) < 4.78 is 39.2. The molecule has 0 bridgehead atoms. The molecule has 18 heavy (non-hydrogen) atoms. The van der Waals surface area contributed by atoms with E-state index in [1.807, 2.05) is 0 Å². The maximum atomic E-state index is 11.9. The lowest BCUT2D eigenvalue weighted by Gasteiger charge is -2.18. The fourth-order valence-electron chi connectivity index (χ4n) is 1.28. The molecular weight excluding hydrogens is 275 g/mol. The third-order valence-corrected chi connectivity index (χ3v) is 1.97. The van der Waals surface area contributed by atoms with E-state index < -0.39 is 24.1 Å². The van der Waals surface area contributed by atoms with E-state index in [1.54, 1.807) is 0 Å². The number of carboxylic acid groups (broad SMARTS) is 1. The second kappa shape index (κ2) is 6.46. The Morgan fingerprint density at radius 2 is 1.83 bits per heavy atom. The lowest BCUT2D eigenvalue weighted by molar-refractivity contribution is -0.308. The summed E-state index contributed by atoms with van der Waals surface area (Å²) >= 11 is 0. The maximum Gasteiger partial charge on any atom is 0.573 e. The highest BCUT2D eigenvalue weighted by Crippen LogP contribution is 2.24. The van der Waals surface area contributed by atoms with Crippen LogP contribution >= 0.6 is 12.4 Å². The second-order valence-electron chi connectivity index (χ2n) is 3.16. The van der Waals surface area contributed by atoms with E-state index in [0.717, 1.165) is 12.1 Å². The number of alkyl halides is 3. The van der Waals surface area contributed by atoms with E-state index in [4.69, 9.17) is 0 Å². The summed E-state index contributed by atoms with van der Waals surface area (Å²) in [5.74, 6) is -1.77. The van der Waals surface area contributed by atoms with Gasteiger partial charge in [-0.2, -0.15) is 0 Å². The molecule has 0 aromatic heterocycles. The van der Waals surface area contributed by atoms with Crippen LogP contribution in [0.5, 0.6) is 5.75 Å². The van der Waals surface area contributed by atoms with E-state index >= 15 is 0 Å². The van der Waals surface area contributed by atoms with Crippen molar-refractivity contribution >= 4 is 18.4 Å². The summed E-state index contributed by atoms with van der Waals surface area (Å²) in [6, 6.07) is 3.44. The molecule has 0 aliphatic rings. The van der Waals surface area contributed by atoms with Crippen molar-refractivity contribution in [2.45, 2.75) is 12.4 Å². The van der Waals surface area contributed by atoms with E-state index in [1.165, 1.54) is 19.2 Å². The third kappa shape index (κ3) is 4.80. The average molecular weight is 285 g/mol. The van der Waals surface area contributed by atoms with Crippen molar-refractivity contribution in [2.75, 3.05) is 7.05 Å². The summed E-state index contributed by atoms with van der Waals surface area (Å²) in [4.78, 5) is 10.7. The maximum absolute atomic E-state index is 11.9. The van der Waals surface area contributed by atoms with E-state index in [9.17, 15) is 23.1 Å². The van der Waals surface area contributed by atoms with Crippen molar-refractivity contribution in [2.24, 2.45) is 0 Å². The van der Waals surface area contributed by atoms with Crippen molar-refractivity contribution in [1.29, 1.82) is 0 Å². The molecule has 0 fully saturated rings. The van der Waals surface area contributed by atoms with E-state index in [0.29, 0.717) is 0 Å². The molecule has 1 rings (SSSR count). The molecule has 102 valence electrons. The van der Waals surface area contributed by atoms with Gasteiger partial charge in [-0.3, -0.25) is 0 Å². The molecule has 0 saturated carbocycles. The molecule has 1 aromatic carbocycles. The Hall–Kier alpha value is -1.47. The Bertz CT molecular complexity index is 394. The van der Waals surface area contributed by atoms with Crippen LogP contribution in [0.1, 0.15) is 11.6 Å². The molecule has 1 aromatic rings. The number of carboxylic acids is 1. The number of carbonyl (C=O) groups excluding carboxylic acids is 1.